The van der Waals surface area contributed by atoms with E-state index in [9.17, 15) is 9.18 Å². The fraction of sp³-hybridized carbons (Fsp3) is 0.235. The molecule has 0 atom stereocenters. The van der Waals surface area contributed by atoms with Crippen molar-refractivity contribution in [3.8, 4) is 16.9 Å². The summed E-state index contributed by atoms with van der Waals surface area (Å²) < 4.78 is 19.2. The molecule has 0 fully saturated rings. The highest BCUT2D eigenvalue weighted by Crippen LogP contribution is 2.26. The van der Waals surface area contributed by atoms with Crippen LogP contribution in [-0.2, 0) is 4.79 Å². The van der Waals surface area contributed by atoms with Gasteiger partial charge in [-0.3, -0.25) is 4.79 Å². The predicted molar refractivity (Wildman–Crippen MR) is 77.0 cm³/mol. The second-order valence-corrected chi connectivity index (χ2v) is 4.59. The van der Waals surface area contributed by atoms with Crippen LogP contribution in [0.3, 0.4) is 0 Å². The van der Waals surface area contributed by atoms with Crippen molar-refractivity contribution in [2.24, 2.45) is 0 Å². The number of unbranched alkanes of at least 4 members (excludes halogenated alkanes) is 1. The standard InChI is InChI=1S/C17H17FO2/c1-2-3-9-17(19)20-14-10-11-15(16(18)12-14)13-7-5-4-6-8-13/h4-8,10-12H,2-3,9H2,1H3. The van der Waals surface area contributed by atoms with E-state index in [0.717, 1.165) is 18.4 Å². The fourth-order valence-electron chi connectivity index (χ4n) is 1.91. The number of esters is 1. The normalized spacial score (nSPS) is 10.3. The number of hydrogen-bond donors (Lipinski definition) is 0. The van der Waals surface area contributed by atoms with Crippen LogP contribution in [0, 0.1) is 5.82 Å². The molecule has 3 heteroatoms. The Bertz CT molecular complexity index is 579. The van der Waals surface area contributed by atoms with Gasteiger partial charge in [-0.15, -0.1) is 0 Å². The van der Waals surface area contributed by atoms with E-state index in [1.807, 2.05) is 37.3 Å². The second kappa shape index (κ2) is 6.85. The first kappa shape index (κ1) is 14.3. The lowest BCUT2D eigenvalue weighted by Crippen LogP contribution is -2.07. The molecule has 0 aromatic heterocycles. The average Bonchev–Trinajstić information content (AvgIpc) is 2.46. The molecule has 0 aliphatic heterocycles. The second-order valence-electron chi connectivity index (χ2n) is 4.59. The number of carbonyl (C=O) groups is 1. The minimum absolute atomic E-state index is 0.253. The fourth-order valence-corrected chi connectivity index (χ4v) is 1.91. The highest BCUT2D eigenvalue weighted by Gasteiger charge is 2.09. The van der Waals surface area contributed by atoms with Gasteiger partial charge in [0.2, 0.25) is 0 Å². The quantitative estimate of drug-likeness (QED) is 0.588. The van der Waals surface area contributed by atoms with Crippen LogP contribution in [0.25, 0.3) is 11.1 Å². The summed E-state index contributed by atoms with van der Waals surface area (Å²) in [5.41, 5.74) is 1.30. The van der Waals surface area contributed by atoms with Gasteiger partial charge in [0.05, 0.1) is 0 Å². The first-order chi connectivity index (χ1) is 9.70. The molecule has 0 N–H and O–H groups in total. The molecule has 20 heavy (non-hydrogen) atoms. The number of halogens is 1. The minimum Gasteiger partial charge on any atom is -0.426 e. The van der Waals surface area contributed by atoms with E-state index in [-0.39, 0.29) is 11.7 Å². The van der Waals surface area contributed by atoms with E-state index in [1.165, 1.54) is 6.07 Å². The van der Waals surface area contributed by atoms with Crippen LogP contribution >= 0.6 is 0 Å². The van der Waals surface area contributed by atoms with Crippen molar-refractivity contribution < 1.29 is 13.9 Å². The van der Waals surface area contributed by atoms with E-state index in [0.29, 0.717) is 12.0 Å². The summed E-state index contributed by atoms with van der Waals surface area (Å²) in [7, 11) is 0. The van der Waals surface area contributed by atoms with Gasteiger partial charge in [-0.2, -0.15) is 0 Å². The highest BCUT2D eigenvalue weighted by atomic mass is 19.1. The molecular weight excluding hydrogens is 255 g/mol. The van der Waals surface area contributed by atoms with Gasteiger partial charge >= 0.3 is 5.97 Å². The summed E-state index contributed by atoms with van der Waals surface area (Å²) in [6, 6.07) is 13.8. The molecule has 2 aromatic rings. The zero-order valence-corrected chi connectivity index (χ0v) is 11.4. The van der Waals surface area contributed by atoms with Crippen molar-refractivity contribution in [3.63, 3.8) is 0 Å². The highest BCUT2D eigenvalue weighted by molar-refractivity contribution is 5.73. The maximum absolute atomic E-state index is 14.0. The molecule has 0 saturated heterocycles. The lowest BCUT2D eigenvalue weighted by molar-refractivity contribution is -0.134. The number of ether oxygens (including phenoxy) is 1. The van der Waals surface area contributed by atoms with E-state index < -0.39 is 5.82 Å². The molecule has 0 aliphatic carbocycles. The molecule has 0 aliphatic rings. The Balaban J connectivity index is 2.12. The van der Waals surface area contributed by atoms with Crippen LogP contribution in [0.2, 0.25) is 0 Å². The third-order valence-electron chi connectivity index (χ3n) is 2.99. The molecule has 0 bridgehead atoms. The van der Waals surface area contributed by atoms with Crippen molar-refractivity contribution in [2.75, 3.05) is 0 Å². The van der Waals surface area contributed by atoms with Gasteiger partial charge < -0.3 is 4.74 Å². The largest absolute Gasteiger partial charge is 0.426 e. The topological polar surface area (TPSA) is 26.3 Å². The van der Waals surface area contributed by atoms with Crippen LogP contribution < -0.4 is 4.74 Å². The predicted octanol–water partition coefficient (Wildman–Crippen LogP) is 4.59. The molecule has 0 saturated carbocycles. The number of rotatable bonds is 5. The average molecular weight is 272 g/mol. The van der Waals surface area contributed by atoms with E-state index in [2.05, 4.69) is 0 Å². The van der Waals surface area contributed by atoms with Gasteiger partial charge in [-0.05, 0) is 24.1 Å². The molecule has 0 amide bonds. The minimum atomic E-state index is -0.392. The van der Waals surface area contributed by atoms with Gasteiger partial charge in [-0.25, -0.2) is 4.39 Å². The van der Waals surface area contributed by atoms with Crippen molar-refractivity contribution in [3.05, 3.63) is 54.3 Å². The number of hydrogen-bond acceptors (Lipinski definition) is 2. The zero-order chi connectivity index (χ0) is 14.4. The Labute approximate surface area is 118 Å². The van der Waals surface area contributed by atoms with Crippen LogP contribution in [0.5, 0.6) is 5.75 Å². The lowest BCUT2D eigenvalue weighted by atomic mass is 10.1. The third-order valence-corrected chi connectivity index (χ3v) is 2.99. The summed E-state index contributed by atoms with van der Waals surface area (Å²) in [4.78, 5) is 11.5. The van der Waals surface area contributed by atoms with Crippen LogP contribution in [0.1, 0.15) is 26.2 Å². The van der Waals surface area contributed by atoms with Crippen LogP contribution in [0.4, 0.5) is 4.39 Å². The van der Waals surface area contributed by atoms with Crippen molar-refractivity contribution in [1.82, 2.24) is 0 Å². The third kappa shape index (κ3) is 3.67. The summed E-state index contributed by atoms with van der Waals surface area (Å²) in [5, 5.41) is 0. The molecule has 2 rings (SSSR count). The Hall–Kier alpha value is -2.16. The summed E-state index contributed by atoms with van der Waals surface area (Å²) in [6.45, 7) is 2.00. The van der Waals surface area contributed by atoms with Gasteiger partial charge in [-0.1, -0.05) is 43.7 Å². The summed E-state index contributed by atoms with van der Waals surface area (Å²) in [6.07, 6.45) is 2.07. The molecule has 0 spiro atoms. The van der Waals surface area contributed by atoms with Gasteiger partial charge in [0.25, 0.3) is 0 Å². The van der Waals surface area contributed by atoms with Crippen molar-refractivity contribution in [1.29, 1.82) is 0 Å². The monoisotopic (exact) mass is 272 g/mol. The van der Waals surface area contributed by atoms with E-state index in [4.69, 9.17) is 4.74 Å². The van der Waals surface area contributed by atoms with Gasteiger partial charge in [0.15, 0.2) is 0 Å². The Morgan fingerprint density at radius 3 is 2.55 bits per heavy atom. The van der Waals surface area contributed by atoms with Gasteiger partial charge in [0.1, 0.15) is 11.6 Å². The number of benzene rings is 2. The first-order valence-electron chi connectivity index (χ1n) is 6.76. The maximum atomic E-state index is 14.0. The van der Waals surface area contributed by atoms with E-state index in [1.54, 1.807) is 12.1 Å². The zero-order valence-electron chi connectivity index (χ0n) is 11.4. The Kier molecular flexibility index (Phi) is 4.88. The Morgan fingerprint density at radius 1 is 1.15 bits per heavy atom. The molecule has 0 heterocycles. The lowest BCUT2D eigenvalue weighted by Gasteiger charge is -2.07. The Morgan fingerprint density at radius 2 is 1.90 bits per heavy atom. The summed E-state index contributed by atoms with van der Waals surface area (Å²) >= 11 is 0. The first-order valence-corrected chi connectivity index (χ1v) is 6.76. The molecular formula is C17H17FO2. The van der Waals surface area contributed by atoms with Crippen LogP contribution in [0.15, 0.2) is 48.5 Å². The molecule has 2 nitrogen and oxygen atoms in total. The van der Waals surface area contributed by atoms with Crippen molar-refractivity contribution in [2.45, 2.75) is 26.2 Å². The van der Waals surface area contributed by atoms with Crippen molar-refractivity contribution >= 4 is 5.97 Å². The van der Waals surface area contributed by atoms with E-state index >= 15 is 0 Å². The molecule has 0 radical (unpaired) electrons. The molecule has 0 unspecified atom stereocenters. The molecule has 2 aromatic carbocycles. The van der Waals surface area contributed by atoms with Gasteiger partial charge in [0, 0.05) is 18.1 Å². The SMILES string of the molecule is CCCCC(=O)Oc1ccc(-c2ccccc2)c(F)c1. The summed E-state index contributed by atoms with van der Waals surface area (Å²) in [5.74, 6) is -0.459. The maximum Gasteiger partial charge on any atom is 0.311 e. The molecule has 104 valence electrons. The smallest absolute Gasteiger partial charge is 0.311 e. The number of carbonyl (C=O) groups excluding carboxylic acids is 1. The van der Waals surface area contributed by atoms with Crippen LogP contribution in [-0.4, -0.2) is 5.97 Å².